The molecule has 3 heteroatoms. The van der Waals surface area contributed by atoms with Crippen LogP contribution in [0.2, 0.25) is 0 Å². The van der Waals surface area contributed by atoms with E-state index < -0.39 is 0 Å². The molecule has 60 heavy (non-hydrogen) atoms. The van der Waals surface area contributed by atoms with E-state index in [0.29, 0.717) is 17.5 Å². The molecule has 0 saturated heterocycles. The van der Waals surface area contributed by atoms with Gasteiger partial charge in [-0.1, -0.05) is 194 Å². The van der Waals surface area contributed by atoms with Crippen LogP contribution in [0.15, 0.2) is 212 Å². The monoisotopic (exact) mass is 761 g/mol. The average Bonchev–Trinajstić information content (AvgIpc) is 3.33. The summed E-state index contributed by atoms with van der Waals surface area (Å²) in [6, 6.07) is 75.9. The first kappa shape index (κ1) is 34.1. The number of fused-ring (bicyclic) bond motifs is 10. The van der Waals surface area contributed by atoms with Crippen molar-refractivity contribution in [3.63, 3.8) is 0 Å². The third-order valence-corrected chi connectivity index (χ3v) is 12.1. The summed E-state index contributed by atoms with van der Waals surface area (Å²) < 4.78 is 0. The lowest BCUT2D eigenvalue weighted by molar-refractivity contribution is 1.07. The summed E-state index contributed by atoms with van der Waals surface area (Å²) in [7, 11) is 0. The van der Waals surface area contributed by atoms with E-state index in [4.69, 9.17) is 15.0 Å². The summed E-state index contributed by atoms with van der Waals surface area (Å²) in [6.45, 7) is 0. The lowest BCUT2D eigenvalue weighted by Crippen LogP contribution is -2.00. The van der Waals surface area contributed by atoms with Gasteiger partial charge in [-0.3, -0.25) is 0 Å². The predicted molar refractivity (Wildman–Crippen MR) is 252 cm³/mol. The van der Waals surface area contributed by atoms with Crippen LogP contribution >= 0.6 is 0 Å². The lowest BCUT2D eigenvalue weighted by atomic mass is 9.89. The van der Waals surface area contributed by atoms with Crippen molar-refractivity contribution in [1.29, 1.82) is 0 Å². The molecule has 0 aliphatic rings. The molecule has 12 aromatic rings. The fourth-order valence-electron chi connectivity index (χ4n) is 9.20. The first-order valence-corrected chi connectivity index (χ1v) is 20.4. The van der Waals surface area contributed by atoms with Crippen LogP contribution in [0, 0.1) is 0 Å². The van der Waals surface area contributed by atoms with E-state index in [1.54, 1.807) is 0 Å². The summed E-state index contributed by atoms with van der Waals surface area (Å²) in [5, 5.41) is 14.8. The molecule has 12 rings (SSSR count). The maximum Gasteiger partial charge on any atom is 0.164 e. The molecule has 0 unspecified atom stereocenters. The van der Waals surface area contributed by atoms with Crippen molar-refractivity contribution in [1.82, 2.24) is 15.0 Å². The van der Waals surface area contributed by atoms with Crippen LogP contribution in [-0.2, 0) is 0 Å². The summed E-state index contributed by atoms with van der Waals surface area (Å²) in [5.41, 5.74) is 7.44. The van der Waals surface area contributed by atoms with Crippen molar-refractivity contribution in [3.05, 3.63) is 212 Å². The molecule has 0 bridgehead atoms. The largest absolute Gasteiger partial charge is 0.208 e. The van der Waals surface area contributed by atoms with E-state index in [1.165, 1.54) is 70.2 Å². The molecular weight excluding hydrogens is 727 g/mol. The van der Waals surface area contributed by atoms with Gasteiger partial charge in [0, 0.05) is 16.7 Å². The Morgan fingerprint density at radius 2 is 0.650 bits per heavy atom. The van der Waals surface area contributed by atoms with Gasteiger partial charge in [0.25, 0.3) is 0 Å². The molecule has 0 saturated carbocycles. The highest BCUT2D eigenvalue weighted by molar-refractivity contribution is 6.26. The van der Waals surface area contributed by atoms with Gasteiger partial charge < -0.3 is 0 Å². The van der Waals surface area contributed by atoms with Crippen molar-refractivity contribution in [2.24, 2.45) is 0 Å². The number of aromatic nitrogens is 3. The molecular formula is C57H35N3. The van der Waals surface area contributed by atoms with Crippen molar-refractivity contribution < 1.29 is 0 Å². The van der Waals surface area contributed by atoms with E-state index in [9.17, 15) is 0 Å². The van der Waals surface area contributed by atoms with Gasteiger partial charge in [0.2, 0.25) is 0 Å². The molecule has 0 atom stereocenters. The molecule has 0 fully saturated rings. The van der Waals surface area contributed by atoms with Crippen LogP contribution in [0.5, 0.6) is 0 Å². The zero-order valence-electron chi connectivity index (χ0n) is 32.5. The Bertz CT molecular complexity index is 3610. The fraction of sp³-hybridized carbons (Fsp3) is 0. The normalized spacial score (nSPS) is 11.7. The first-order valence-electron chi connectivity index (χ1n) is 20.4. The van der Waals surface area contributed by atoms with Crippen molar-refractivity contribution in [2.75, 3.05) is 0 Å². The predicted octanol–water partition coefficient (Wildman–Crippen LogP) is 15.1. The quantitative estimate of drug-likeness (QED) is 0.129. The van der Waals surface area contributed by atoms with Crippen molar-refractivity contribution in [2.45, 2.75) is 0 Å². The van der Waals surface area contributed by atoms with Gasteiger partial charge in [0.1, 0.15) is 0 Å². The van der Waals surface area contributed by atoms with Crippen LogP contribution in [0.1, 0.15) is 0 Å². The molecule has 1 aromatic heterocycles. The van der Waals surface area contributed by atoms with E-state index in [2.05, 4.69) is 206 Å². The van der Waals surface area contributed by atoms with Crippen LogP contribution in [0.3, 0.4) is 0 Å². The zero-order valence-corrected chi connectivity index (χ0v) is 32.5. The summed E-state index contributed by atoms with van der Waals surface area (Å²) in [4.78, 5) is 15.7. The van der Waals surface area contributed by atoms with Gasteiger partial charge in [-0.25, -0.2) is 15.0 Å². The molecule has 0 aliphatic heterocycles. The molecule has 3 nitrogen and oxygen atoms in total. The molecule has 278 valence electrons. The number of hydrogen-bond donors (Lipinski definition) is 0. The van der Waals surface area contributed by atoms with Gasteiger partial charge in [0.15, 0.2) is 17.5 Å². The first-order chi connectivity index (χ1) is 29.7. The van der Waals surface area contributed by atoms with E-state index in [0.717, 1.165) is 33.4 Å². The van der Waals surface area contributed by atoms with Crippen LogP contribution in [0.25, 0.3) is 121 Å². The average molecular weight is 762 g/mol. The minimum atomic E-state index is 0.629. The SMILES string of the molecule is c1ccc(-c2cccc(-c3nc(-c4ccc(-c5c6ccccc6cc6c5ccc5ccccc56)cc4)nc(-c4ccc5c6ccccc6c6ccccc6c5c4)n3)c2)cc1. The van der Waals surface area contributed by atoms with Crippen LogP contribution in [-0.4, -0.2) is 15.0 Å². The molecule has 0 spiro atoms. The molecule has 11 aromatic carbocycles. The minimum Gasteiger partial charge on any atom is -0.208 e. The van der Waals surface area contributed by atoms with Gasteiger partial charge >= 0.3 is 0 Å². The van der Waals surface area contributed by atoms with Crippen LogP contribution in [0.4, 0.5) is 0 Å². The Balaban J connectivity index is 1.04. The molecule has 1 heterocycles. The summed E-state index contributed by atoms with van der Waals surface area (Å²) >= 11 is 0. The zero-order chi connectivity index (χ0) is 39.6. The van der Waals surface area contributed by atoms with Crippen molar-refractivity contribution >= 4 is 64.6 Å². The number of hydrogen-bond acceptors (Lipinski definition) is 3. The van der Waals surface area contributed by atoms with Gasteiger partial charge in [-0.15, -0.1) is 0 Å². The Hall–Kier alpha value is -8.01. The third kappa shape index (κ3) is 5.63. The van der Waals surface area contributed by atoms with E-state index in [-0.39, 0.29) is 0 Å². The Labute approximate surface area is 346 Å². The molecule has 0 amide bonds. The number of rotatable bonds is 5. The molecule has 0 aliphatic carbocycles. The maximum absolute atomic E-state index is 5.24. The number of nitrogens with zero attached hydrogens (tertiary/aromatic N) is 3. The molecule has 0 radical (unpaired) electrons. The Morgan fingerprint density at radius 1 is 0.200 bits per heavy atom. The van der Waals surface area contributed by atoms with Crippen LogP contribution < -0.4 is 0 Å². The third-order valence-electron chi connectivity index (χ3n) is 12.1. The molecule has 0 N–H and O–H groups in total. The smallest absolute Gasteiger partial charge is 0.164 e. The highest BCUT2D eigenvalue weighted by Crippen LogP contribution is 2.41. The highest BCUT2D eigenvalue weighted by Gasteiger charge is 2.17. The van der Waals surface area contributed by atoms with Gasteiger partial charge in [-0.05, 0) is 105 Å². The highest BCUT2D eigenvalue weighted by atomic mass is 15.0. The minimum absolute atomic E-state index is 0.629. The second kappa shape index (κ2) is 13.8. The number of benzene rings is 11. The lowest BCUT2D eigenvalue weighted by Gasteiger charge is -2.15. The topological polar surface area (TPSA) is 38.7 Å². The van der Waals surface area contributed by atoms with Gasteiger partial charge in [-0.2, -0.15) is 0 Å². The van der Waals surface area contributed by atoms with E-state index in [1.807, 2.05) is 6.07 Å². The van der Waals surface area contributed by atoms with Crippen molar-refractivity contribution in [3.8, 4) is 56.4 Å². The standard InChI is InChI=1S/C57H35N3/c1-2-13-36(14-3-1)40-17-12-18-42(33-40)56-58-55(59-57(60-56)43-30-31-50-48-23-9-8-21-46(48)47-22-10-11-24-49(47)53(50)35-43)39-27-25-38(26-28-39)54-45-20-7-5-16-41(45)34-52-44-19-6-4-15-37(44)29-32-51(52)54/h1-35H. The van der Waals surface area contributed by atoms with Gasteiger partial charge in [0.05, 0.1) is 0 Å². The second-order valence-electron chi connectivity index (χ2n) is 15.5. The van der Waals surface area contributed by atoms with E-state index >= 15 is 0 Å². The fourth-order valence-corrected chi connectivity index (χ4v) is 9.20. The Morgan fingerprint density at radius 3 is 1.35 bits per heavy atom. The second-order valence-corrected chi connectivity index (χ2v) is 15.5. The maximum atomic E-state index is 5.24. The Kier molecular flexibility index (Phi) is 7.85. The summed E-state index contributed by atoms with van der Waals surface area (Å²) in [5.74, 6) is 1.89. The summed E-state index contributed by atoms with van der Waals surface area (Å²) in [6.07, 6.45) is 0.